The predicted octanol–water partition coefficient (Wildman–Crippen LogP) is 5.50. The zero-order valence-corrected chi connectivity index (χ0v) is 19.3. The third kappa shape index (κ3) is 4.33. The number of nitrogens with zero attached hydrogens (tertiary/aromatic N) is 3. The lowest BCUT2D eigenvalue weighted by molar-refractivity contribution is 0.185. The Kier molecular flexibility index (Phi) is 5.49. The third-order valence-electron chi connectivity index (χ3n) is 7.72. The molecule has 4 nitrogen and oxygen atoms in total. The van der Waals surface area contributed by atoms with Gasteiger partial charge in [0, 0.05) is 32.7 Å². The van der Waals surface area contributed by atoms with Gasteiger partial charge in [0.05, 0.1) is 17.1 Å². The summed E-state index contributed by atoms with van der Waals surface area (Å²) in [7, 11) is 0. The second-order valence-corrected chi connectivity index (χ2v) is 9.90. The minimum Gasteiger partial charge on any atom is -0.341 e. The van der Waals surface area contributed by atoms with E-state index < -0.39 is 0 Å². The molecule has 6 rings (SSSR count). The van der Waals surface area contributed by atoms with Crippen molar-refractivity contribution in [1.29, 1.82) is 0 Å². The number of aromatic nitrogens is 2. The van der Waals surface area contributed by atoms with E-state index in [9.17, 15) is 0 Å². The van der Waals surface area contributed by atoms with Crippen LogP contribution in [0.3, 0.4) is 0 Å². The topological polar surface area (TPSA) is 35.2 Å². The molecule has 1 aliphatic heterocycles. The SMILES string of the molecule is CC(c1nc2ccccc2[nH]1)N1CC2C(CN(Cc3ccccc3)Cc3ccccc3)C2C1. The Morgan fingerprint density at radius 2 is 1.42 bits per heavy atom. The maximum absolute atomic E-state index is 4.85. The lowest BCUT2D eigenvalue weighted by Gasteiger charge is -2.28. The fourth-order valence-electron chi connectivity index (χ4n) is 5.78. The molecule has 168 valence electrons. The molecule has 4 aromatic rings. The van der Waals surface area contributed by atoms with Crippen LogP contribution in [0.4, 0.5) is 0 Å². The number of hydrogen-bond acceptors (Lipinski definition) is 3. The van der Waals surface area contributed by atoms with E-state index in [4.69, 9.17) is 4.98 Å². The Morgan fingerprint density at radius 1 is 0.848 bits per heavy atom. The molecule has 0 bridgehead atoms. The molecule has 3 atom stereocenters. The molecule has 33 heavy (non-hydrogen) atoms. The third-order valence-corrected chi connectivity index (χ3v) is 7.72. The number of imidazole rings is 1. The van der Waals surface area contributed by atoms with Gasteiger partial charge in [-0.2, -0.15) is 0 Å². The van der Waals surface area contributed by atoms with Gasteiger partial charge in [-0.15, -0.1) is 0 Å². The molecular formula is C29H32N4. The highest BCUT2D eigenvalue weighted by atomic mass is 15.2. The smallest absolute Gasteiger partial charge is 0.124 e. The van der Waals surface area contributed by atoms with Crippen LogP contribution in [0.2, 0.25) is 0 Å². The predicted molar refractivity (Wildman–Crippen MR) is 134 cm³/mol. The van der Waals surface area contributed by atoms with Crippen molar-refractivity contribution in [1.82, 2.24) is 19.8 Å². The number of H-pyrrole nitrogens is 1. The highest BCUT2D eigenvalue weighted by Crippen LogP contribution is 2.53. The lowest BCUT2D eigenvalue weighted by Crippen LogP contribution is -2.32. The molecular weight excluding hydrogens is 404 g/mol. The van der Waals surface area contributed by atoms with Crippen LogP contribution in [-0.4, -0.2) is 39.4 Å². The summed E-state index contributed by atoms with van der Waals surface area (Å²) in [5.74, 6) is 3.57. The van der Waals surface area contributed by atoms with Gasteiger partial charge in [-0.25, -0.2) is 4.98 Å². The quantitative estimate of drug-likeness (QED) is 0.396. The molecule has 0 spiro atoms. The van der Waals surface area contributed by atoms with Crippen LogP contribution < -0.4 is 0 Å². The van der Waals surface area contributed by atoms with E-state index in [-0.39, 0.29) is 0 Å². The monoisotopic (exact) mass is 436 g/mol. The number of fused-ring (bicyclic) bond motifs is 2. The number of nitrogens with one attached hydrogen (secondary N) is 1. The number of benzene rings is 3. The van der Waals surface area contributed by atoms with Crippen LogP contribution in [0.5, 0.6) is 0 Å². The number of aromatic amines is 1. The summed E-state index contributed by atoms with van der Waals surface area (Å²) in [6.45, 7) is 7.91. The van der Waals surface area contributed by atoms with Crippen molar-refractivity contribution in [3.8, 4) is 0 Å². The average molecular weight is 437 g/mol. The molecule has 4 heteroatoms. The van der Waals surface area contributed by atoms with E-state index in [1.54, 1.807) is 0 Å². The van der Waals surface area contributed by atoms with Crippen molar-refractivity contribution in [3.05, 3.63) is 102 Å². The fourth-order valence-corrected chi connectivity index (χ4v) is 5.78. The van der Waals surface area contributed by atoms with Crippen LogP contribution in [0.15, 0.2) is 84.9 Å². The summed E-state index contributed by atoms with van der Waals surface area (Å²) in [5, 5.41) is 0. The molecule has 1 aliphatic carbocycles. The molecule has 0 amide bonds. The maximum Gasteiger partial charge on any atom is 0.124 e. The first-order chi connectivity index (χ1) is 16.2. The van der Waals surface area contributed by atoms with Gasteiger partial charge in [0.15, 0.2) is 0 Å². The first-order valence-electron chi connectivity index (χ1n) is 12.2. The van der Waals surface area contributed by atoms with Crippen LogP contribution in [0, 0.1) is 17.8 Å². The van der Waals surface area contributed by atoms with E-state index in [0.717, 1.165) is 47.7 Å². The summed E-state index contributed by atoms with van der Waals surface area (Å²) >= 11 is 0. The van der Waals surface area contributed by atoms with Gasteiger partial charge in [0.1, 0.15) is 5.82 Å². The van der Waals surface area contributed by atoms with Crippen LogP contribution >= 0.6 is 0 Å². The van der Waals surface area contributed by atoms with E-state index in [1.807, 2.05) is 0 Å². The van der Waals surface area contributed by atoms with E-state index >= 15 is 0 Å². The largest absolute Gasteiger partial charge is 0.341 e. The van der Waals surface area contributed by atoms with Crippen LogP contribution in [0.25, 0.3) is 11.0 Å². The zero-order valence-electron chi connectivity index (χ0n) is 19.3. The van der Waals surface area contributed by atoms with Gasteiger partial charge >= 0.3 is 0 Å². The molecule has 1 saturated carbocycles. The van der Waals surface area contributed by atoms with Gasteiger partial charge in [0.25, 0.3) is 0 Å². The van der Waals surface area contributed by atoms with Crippen LogP contribution in [-0.2, 0) is 13.1 Å². The molecule has 0 radical (unpaired) electrons. The van der Waals surface area contributed by atoms with Crippen LogP contribution in [0.1, 0.15) is 29.9 Å². The molecule has 1 aromatic heterocycles. The average Bonchev–Trinajstić information content (AvgIpc) is 3.21. The van der Waals surface area contributed by atoms with Gasteiger partial charge in [0.2, 0.25) is 0 Å². The van der Waals surface area contributed by atoms with Gasteiger partial charge in [-0.05, 0) is 47.9 Å². The Balaban J connectivity index is 1.10. The minimum absolute atomic E-state index is 0.343. The summed E-state index contributed by atoms with van der Waals surface area (Å²) < 4.78 is 0. The van der Waals surface area contributed by atoms with Crippen molar-refractivity contribution < 1.29 is 0 Å². The maximum atomic E-state index is 4.85. The molecule has 3 unspecified atom stereocenters. The van der Waals surface area contributed by atoms with E-state index in [1.165, 1.54) is 30.8 Å². The Bertz CT molecular complexity index is 1120. The van der Waals surface area contributed by atoms with Crippen molar-refractivity contribution in [2.24, 2.45) is 17.8 Å². The molecule has 2 aliphatic rings. The van der Waals surface area contributed by atoms with Gasteiger partial charge in [-0.1, -0.05) is 72.8 Å². The van der Waals surface area contributed by atoms with Crippen molar-refractivity contribution in [2.45, 2.75) is 26.1 Å². The van der Waals surface area contributed by atoms with E-state index in [2.05, 4.69) is 107 Å². The summed E-state index contributed by atoms with van der Waals surface area (Å²) in [4.78, 5) is 13.7. The Labute approximate surface area is 196 Å². The van der Waals surface area contributed by atoms with Crippen molar-refractivity contribution in [2.75, 3.05) is 19.6 Å². The molecule has 1 N–H and O–H groups in total. The van der Waals surface area contributed by atoms with Crippen molar-refractivity contribution >= 4 is 11.0 Å². The fraction of sp³-hybridized carbons (Fsp3) is 0.345. The molecule has 3 aromatic carbocycles. The number of rotatable bonds is 8. The highest BCUT2D eigenvalue weighted by molar-refractivity contribution is 5.74. The first-order valence-corrected chi connectivity index (χ1v) is 12.2. The first kappa shape index (κ1) is 20.6. The van der Waals surface area contributed by atoms with Gasteiger partial charge in [-0.3, -0.25) is 9.80 Å². The molecule has 1 saturated heterocycles. The Hall–Kier alpha value is -2.95. The number of hydrogen-bond donors (Lipinski definition) is 1. The van der Waals surface area contributed by atoms with Gasteiger partial charge < -0.3 is 4.98 Å². The summed E-state index contributed by atoms with van der Waals surface area (Å²) in [5.41, 5.74) is 5.01. The second kappa shape index (κ2) is 8.77. The second-order valence-electron chi connectivity index (χ2n) is 9.90. The number of piperidine rings is 1. The highest BCUT2D eigenvalue weighted by Gasteiger charge is 2.56. The Morgan fingerprint density at radius 3 is 2.03 bits per heavy atom. The summed E-state index contributed by atoms with van der Waals surface area (Å²) in [6, 6.07) is 30.5. The lowest BCUT2D eigenvalue weighted by atomic mass is 10.1. The number of para-hydroxylation sites is 2. The number of likely N-dealkylation sites (tertiary alicyclic amines) is 1. The standard InChI is InChI=1S/C29H32N4/c1-21(29-30-27-14-8-9-15-28(27)31-29)33-19-25-24(26(25)20-33)18-32(16-22-10-4-2-5-11-22)17-23-12-6-3-7-13-23/h2-15,21,24-26H,16-20H2,1H3,(H,30,31). The minimum atomic E-state index is 0.343. The van der Waals surface area contributed by atoms with E-state index in [0.29, 0.717) is 6.04 Å². The summed E-state index contributed by atoms with van der Waals surface area (Å²) in [6.07, 6.45) is 0. The van der Waals surface area contributed by atoms with Crippen molar-refractivity contribution in [3.63, 3.8) is 0 Å². The normalized spacial score (nSPS) is 23.2. The zero-order chi connectivity index (χ0) is 22.2. The molecule has 2 fully saturated rings. The molecule has 2 heterocycles.